The van der Waals surface area contributed by atoms with E-state index in [-0.39, 0.29) is 6.04 Å². The van der Waals surface area contributed by atoms with E-state index >= 15 is 0 Å². The molecule has 0 heterocycles. The van der Waals surface area contributed by atoms with Crippen LogP contribution >= 0.6 is 0 Å². The first-order chi connectivity index (χ1) is 4.79. The topological polar surface area (TPSA) is 0 Å². The summed E-state index contributed by atoms with van der Waals surface area (Å²) in [5, 5.41) is 0. The predicted molar refractivity (Wildman–Crippen MR) is 38.1 cm³/mol. The van der Waals surface area contributed by atoms with Gasteiger partial charge in [0.05, 0.1) is 0 Å². The van der Waals surface area contributed by atoms with E-state index in [1.54, 1.807) is 24.3 Å². The lowest BCUT2D eigenvalue weighted by Gasteiger charge is -1.94. The number of hydrogen-bond acceptors (Lipinski definition) is 0. The monoisotopic (exact) mass is 157 g/mol. The fraction of sp³-hybridized carbons (Fsp3) is 0.143. The third-order valence-electron chi connectivity index (χ3n) is 1.18. The largest absolute Gasteiger partial charge is 0.481 e. The minimum Gasteiger partial charge on any atom is -0.268 e. The fourth-order valence-corrected chi connectivity index (χ4v) is 1.29. The first-order valence-electron chi connectivity index (χ1n) is 3.00. The average molecular weight is 157 g/mol. The third kappa shape index (κ3) is 2.27. The summed E-state index contributed by atoms with van der Waals surface area (Å²) >= 11 is 0. The molecule has 10 heavy (non-hydrogen) atoms. The normalized spacial score (nSPS) is 10.3. The predicted octanol–water partition coefficient (Wildman–Crippen LogP) is 2.20. The molecular weight excluding hydrogens is 150 g/mol. The van der Waals surface area contributed by atoms with Gasteiger partial charge in [-0.3, -0.25) is 8.22 Å². The quantitative estimate of drug-likeness (QED) is 0.456. The van der Waals surface area contributed by atoms with Gasteiger partial charge < -0.3 is 0 Å². The van der Waals surface area contributed by atoms with Crippen molar-refractivity contribution < 1.29 is 8.22 Å². The molecule has 0 nitrogen and oxygen atoms in total. The molecule has 0 fully saturated rings. The van der Waals surface area contributed by atoms with Gasteiger partial charge in [0, 0.05) is 6.04 Å². The Hall–Kier alpha value is -0.703. The van der Waals surface area contributed by atoms with Gasteiger partial charge >= 0.3 is 9.46 Å². The maximum absolute atomic E-state index is 11.8. The van der Waals surface area contributed by atoms with E-state index in [9.17, 15) is 8.22 Å². The maximum Gasteiger partial charge on any atom is 0.481 e. The standard InChI is InChI=1S/C7H7F2Si/c8-10(9)6-7-4-2-1-3-5-7/h1-5H,6H2. The molecule has 1 aromatic rings. The third-order valence-corrected chi connectivity index (χ3v) is 1.86. The highest BCUT2D eigenvalue weighted by atomic mass is 28.4. The van der Waals surface area contributed by atoms with Crippen molar-refractivity contribution in [1.29, 1.82) is 0 Å². The smallest absolute Gasteiger partial charge is 0.268 e. The molecule has 0 amide bonds. The van der Waals surface area contributed by atoms with Crippen LogP contribution < -0.4 is 0 Å². The van der Waals surface area contributed by atoms with E-state index in [0.717, 1.165) is 5.56 Å². The Bertz CT molecular complexity index is 186. The molecule has 1 aromatic carbocycles. The molecule has 0 aliphatic carbocycles. The van der Waals surface area contributed by atoms with Crippen LogP contribution in [0.4, 0.5) is 8.22 Å². The van der Waals surface area contributed by atoms with Crippen molar-refractivity contribution in [2.45, 2.75) is 6.04 Å². The summed E-state index contributed by atoms with van der Waals surface area (Å²) in [4.78, 5) is 0. The van der Waals surface area contributed by atoms with Gasteiger partial charge in [-0.2, -0.15) is 0 Å². The van der Waals surface area contributed by atoms with E-state index in [4.69, 9.17) is 0 Å². The van der Waals surface area contributed by atoms with E-state index in [1.165, 1.54) is 0 Å². The lowest BCUT2D eigenvalue weighted by atomic mass is 10.2. The van der Waals surface area contributed by atoms with Crippen LogP contribution in [0.3, 0.4) is 0 Å². The highest BCUT2D eigenvalue weighted by molar-refractivity contribution is 6.42. The zero-order chi connectivity index (χ0) is 7.40. The molecule has 0 saturated carbocycles. The van der Waals surface area contributed by atoms with Gasteiger partial charge in [-0.15, -0.1) is 0 Å². The molecule has 1 radical (unpaired) electrons. The van der Waals surface area contributed by atoms with Gasteiger partial charge in [0.25, 0.3) is 0 Å². The molecule has 0 aromatic heterocycles. The van der Waals surface area contributed by atoms with Gasteiger partial charge in [-0.25, -0.2) is 0 Å². The van der Waals surface area contributed by atoms with E-state index in [0.29, 0.717) is 0 Å². The molecule has 0 saturated heterocycles. The molecule has 0 N–H and O–H groups in total. The van der Waals surface area contributed by atoms with Crippen LogP contribution in [0.15, 0.2) is 30.3 Å². The summed E-state index contributed by atoms with van der Waals surface area (Å²) in [6.45, 7) is 0. The molecule has 0 bridgehead atoms. The highest BCUT2D eigenvalue weighted by Gasteiger charge is 2.09. The van der Waals surface area contributed by atoms with Crippen LogP contribution in [0.1, 0.15) is 5.56 Å². The van der Waals surface area contributed by atoms with Gasteiger partial charge in [0.2, 0.25) is 0 Å². The van der Waals surface area contributed by atoms with Crippen molar-refractivity contribution in [1.82, 2.24) is 0 Å². The van der Waals surface area contributed by atoms with Gasteiger partial charge in [0.1, 0.15) is 0 Å². The van der Waals surface area contributed by atoms with Crippen LogP contribution in [0, 0.1) is 0 Å². The molecule has 1 rings (SSSR count). The second kappa shape index (κ2) is 3.46. The molecule has 53 valence electrons. The van der Waals surface area contributed by atoms with Crippen molar-refractivity contribution in [2.75, 3.05) is 0 Å². The minimum absolute atomic E-state index is 0.0362. The summed E-state index contributed by atoms with van der Waals surface area (Å²) in [5.74, 6) is 0. The first kappa shape index (κ1) is 7.40. The number of halogens is 2. The van der Waals surface area contributed by atoms with Gasteiger partial charge in [0.15, 0.2) is 0 Å². The van der Waals surface area contributed by atoms with Gasteiger partial charge in [-0.05, 0) is 5.56 Å². The van der Waals surface area contributed by atoms with E-state index in [2.05, 4.69) is 0 Å². The van der Waals surface area contributed by atoms with Crippen molar-refractivity contribution >= 4 is 9.46 Å². The molecule has 0 atom stereocenters. The lowest BCUT2D eigenvalue weighted by molar-refractivity contribution is 0.654. The minimum atomic E-state index is -3.09. The second-order valence-electron chi connectivity index (χ2n) is 2.00. The van der Waals surface area contributed by atoms with E-state index in [1.807, 2.05) is 6.07 Å². The SMILES string of the molecule is F[Si](F)Cc1ccccc1. The molecule has 0 spiro atoms. The molecular formula is C7H7F2Si. The Kier molecular flexibility index (Phi) is 2.56. The highest BCUT2D eigenvalue weighted by Crippen LogP contribution is 2.02. The second-order valence-corrected chi connectivity index (χ2v) is 3.03. The van der Waals surface area contributed by atoms with Crippen molar-refractivity contribution in [2.24, 2.45) is 0 Å². The number of benzene rings is 1. The van der Waals surface area contributed by atoms with Crippen LogP contribution in [-0.4, -0.2) is 9.46 Å². The number of hydrogen-bond donors (Lipinski definition) is 0. The Morgan fingerprint density at radius 1 is 1.10 bits per heavy atom. The summed E-state index contributed by atoms with van der Waals surface area (Å²) in [5.41, 5.74) is 0.737. The van der Waals surface area contributed by atoms with Crippen LogP contribution in [0.25, 0.3) is 0 Å². The van der Waals surface area contributed by atoms with Crippen molar-refractivity contribution in [3.63, 3.8) is 0 Å². The zero-order valence-electron chi connectivity index (χ0n) is 5.35. The maximum atomic E-state index is 11.8. The molecule has 3 heteroatoms. The Morgan fingerprint density at radius 2 is 1.70 bits per heavy atom. The van der Waals surface area contributed by atoms with Crippen LogP contribution in [-0.2, 0) is 6.04 Å². The Balaban J connectivity index is 2.59. The van der Waals surface area contributed by atoms with E-state index < -0.39 is 9.46 Å². The van der Waals surface area contributed by atoms with Crippen molar-refractivity contribution in [3.8, 4) is 0 Å². The Morgan fingerprint density at radius 3 is 2.20 bits per heavy atom. The first-order valence-corrected chi connectivity index (χ1v) is 4.46. The fourth-order valence-electron chi connectivity index (χ4n) is 0.750. The van der Waals surface area contributed by atoms with Gasteiger partial charge in [-0.1, -0.05) is 30.3 Å². The summed E-state index contributed by atoms with van der Waals surface area (Å²) in [6.07, 6.45) is 0. The zero-order valence-corrected chi connectivity index (χ0v) is 6.35. The summed E-state index contributed by atoms with van der Waals surface area (Å²) < 4.78 is 23.6. The average Bonchev–Trinajstić information content (AvgIpc) is 1.88. The molecule has 0 unspecified atom stereocenters. The van der Waals surface area contributed by atoms with Crippen LogP contribution in [0.2, 0.25) is 0 Å². The van der Waals surface area contributed by atoms with Crippen LogP contribution in [0.5, 0.6) is 0 Å². The summed E-state index contributed by atoms with van der Waals surface area (Å²) in [7, 11) is -3.09. The Labute approximate surface area is 60.5 Å². The molecule has 0 aliphatic heterocycles. The molecule has 0 aliphatic rings. The summed E-state index contributed by atoms with van der Waals surface area (Å²) in [6, 6.07) is 8.80. The van der Waals surface area contributed by atoms with Crippen molar-refractivity contribution in [3.05, 3.63) is 35.9 Å². The lowest BCUT2D eigenvalue weighted by Crippen LogP contribution is -2.01. The number of rotatable bonds is 2.